The molecule has 1 heterocycles. The number of unbranched alkanes of at least 4 members (excludes halogenated alkanes) is 1. The van der Waals surface area contributed by atoms with Crippen LogP contribution in [0.3, 0.4) is 0 Å². The van der Waals surface area contributed by atoms with Crippen molar-refractivity contribution in [1.82, 2.24) is 15.2 Å². The first-order chi connectivity index (χ1) is 8.62. The minimum atomic E-state index is 0.206. The summed E-state index contributed by atoms with van der Waals surface area (Å²) in [5.41, 5.74) is 5.19. The number of hydrazine groups is 1. The molecule has 2 atom stereocenters. The van der Waals surface area contributed by atoms with E-state index in [0.29, 0.717) is 0 Å². The average Bonchev–Trinajstić information content (AvgIpc) is 2.69. The van der Waals surface area contributed by atoms with E-state index in [-0.39, 0.29) is 6.04 Å². The van der Waals surface area contributed by atoms with E-state index in [0.717, 1.165) is 18.0 Å². The fraction of sp³-hybridized carbons (Fsp3) is 0.786. The molecular formula is C14H28N4. The standard InChI is InChI=1S/C14H28N4/c1-5-7-8-12(6-2)10-13(16-15)14-9-11(3)17-18(14)4/h9,12-13,16H,5-8,10,15H2,1-4H3. The van der Waals surface area contributed by atoms with Gasteiger partial charge in [0, 0.05) is 7.05 Å². The second-order valence-electron chi connectivity index (χ2n) is 5.21. The number of hydrogen-bond acceptors (Lipinski definition) is 3. The lowest BCUT2D eigenvalue weighted by Crippen LogP contribution is -2.31. The zero-order valence-corrected chi connectivity index (χ0v) is 12.2. The van der Waals surface area contributed by atoms with Crippen LogP contribution in [-0.2, 0) is 7.05 Å². The molecule has 3 N–H and O–H groups in total. The molecule has 1 rings (SSSR count). The smallest absolute Gasteiger partial charge is 0.0631 e. The maximum absolute atomic E-state index is 5.72. The lowest BCUT2D eigenvalue weighted by atomic mass is 9.91. The number of nitrogens with two attached hydrogens (primary N) is 1. The van der Waals surface area contributed by atoms with Crippen molar-refractivity contribution in [2.45, 2.75) is 58.9 Å². The molecule has 0 bridgehead atoms. The van der Waals surface area contributed by atoms with Crippen LogP contribution in [0.2, 0.25) is 0 Å². The maximum Gasteiger partial charge on any atom is 0.0631 e. The Hall–Kier alpha value is -0.870. The molecule has 1 aromatic heterocycles. The van der Waals surface area contributed by atoms with Crippen molar-refractivity contribution >= 4 is 0 Å². The maximum atomic E-state index is 5.72. The van der Waals surface area contributed by atoms with Gasteiger partial charge in [-0.2, -0.15) is 5.10 Å². The van der Waals surface area contributed by atoms with Crippen molar-refractivity contribution in [3.63, 3.8) is 0 Å². The van der Waals surface area contributed by atoms with Crippen molar-refractivity contribution in [3.8, 4) is 0 Å². The molecule has 18 heavy (non-hydrogen) atoms. The van der Waals surface area contributed by atoms with Crippen LogP contribution in [0.1, 0.15) is 63.4 Å². The van der Waals surface area contributed by atoms with E-state index in [1.54, 1.807) is 0 Å². The summed E-state index contributed by atoms with van der Waals surface area (Å²) < 4.78 is 1.94. The summed E-state index contributed by atoms with van der Waals surface area (Å²) in [6, 6.07) is 2.33. The third-order valence-corrected chi connectivity index (χ3v) is 3.71. The lowest BCUT2D eigenvalue weighted by Gasteiger charge is -2.22. The molecule has 0 aliphatic rings. The number of rotatable bonds is 8. The van der Waals surface area contributed by atoms with Gasteiger partial charge in [0.25, 0.3) is 0 Å². The molecule has 0 aromatic carbocycles. The molecule has 0 fully saturated rings. The zero-order valence-electron chi connectivity index (χ0n) is 12.2. The van der Waals surface area contributed by atoms with Crippen LogP contribution in [0.5, 0.6) is 0 Å². The van der Waals surface area contributed by atoms with Crippen LogP contribution >= 0.6 is 0 Å². The van der Waals surface area contributed by atoms with E-state index < -0.39 is 0 Å². The minimum Gasteiger partial charge on any atom is -0.271 e. The van der Waals surface area contributed by atoms with Crippen molar-refractivity contribution in [2.24, 2.45) is 18.8 Å². The van der Waals surface area contributed by atoms with Gasteiger partial charge < -0.3 is 0 Å². The number of hydrogen-bond donors (Lipinski definition) is 2. The van der Waals surface area contributed by atoms with Crippen LogP contribution in [0.15, 0.2) is 6.07 Å². The molecule has 4 heteroatoms. The molecule has 4 nitrogen and oxygen atoms in total. The SMILES string of the molecule is CCCCC(CC)CC(NN)c1cc(C)nn1C. The van der Waals surface area contributed by atoms with Gasteiger partial charge in [-0.25, -0.2) is 0 Å². The molecule has 0 aliphatic heterocycles. The monoisotopic (exact) mass is 252 g/mol. The predicted octanol–water partition coefficient (Wildman–Crippen LogP) is 2.84. The molecule has 0 radical (unpaired) electrons. The van der Waals surface area contributed by atoms with Crippen LogP contribution in [0.4, 0.5) is 0 Å². The predicted molar refractivity (Wildman–Crippen MR) is 75.9 cm³/mol. The van der Waals surface area contributed by atoms with Gasteiger partial charge in [0.05, 0.1) is 17.4 Å². The van der Waals surface area contributed by atoms with Gasteiger partial charge in [0.1, 0.15) is 0 Å². The van der Waals surface area contributed by atoms with Crippen molar-refractivity contribution < 1.29 is 0 Å². The highest BCUT2D eigenvalue weighted by Gasteiger charge is 2.19. The van der Waals surface area contributed by atoms with Gasteiger partial charge in [-0.05, 0) is 25.3 Å². The van der Waals surface area contributed by atoms with Gasteiger partial charge in [0.15, 0.2) is 0 Å². The number of nitrogens with one attached hydrogen (secondary N) is 1. The van der Waals surface area contributed by atoms with Crippen LogP contribution in [0, 0.1) is 12.8 Å². The first-order valence-corrected chi connectivity index (χ1v) is 7.09. The highest BCUT2D eigenvalue weighted by molar-refractivity contribution is 5.13. The lowest BCUT2D eigenvalue weighted by molar-refractivity contribution is 0.346. The van der Waals surface area contributed by atoms with Crippen LogP contribution < -0.4 is 11.3 Å². The summed E-state index contributed by atoms with van der Waals surface area (Å²) in [5.74, 6) is 6.46. The first-order valence-electron chi connectivity index (χ1n) is 7.09. The fourth-order valence-electron chi connectivity index (χ4n) is 2.55. The van der Waals surface area contributed by atoms with E-state index in [1.807, 2.05) is 18.7 Å². The minimum absolute atomic E-state index is 0.206. The topological polar surface area (TPSA) is 55.9 Å². The average molecular weight is 252 g/mol. The highest BCUT2D eigenvalue weighted by atomic mass is 15.3. The summed E-state index contributed by atoms with van der Waals surface area (Å²) in [7, 11) is 1.99. The molecule has 104 valence electrons. The van der Waals surface area contributed by atoms with E-state index in [9.17, 15) is 0 Å². The highest BCUT2D eigenvalue weighted by Crippen LogP contribution is 2.26. The molecule has 0 spiro atoms. The Morgan fingerprint density at radius 2 is 2.17 bits per heavy atom. The number of aryl methyl sites for hydroxylation is 2. The Morgan fingerprint density at radius 1 is 1.44 bits per heavy atom. The quantitative estimate of drug-likeness (QED) is 0.552. The molecule has 0 amide bonds. The Bertz CT molecular complexity index is 346. The second-order valence-corrected chi connectivity index (χ2v) is 5.21. The zero-order chi connectivity index (χ0) is 13.5. The third-order valence-electron chi connectivity index (χ3n) is 3.71. The molecule has 0 saturated carbocycles. The van der Waals surface area contributed by atoms with Crippen molar-refractivity contribution in [1.29, 1.82) is 0 Å². The normalized spacial score (nSPS) is 14.7. The Balaban J connectivity index is 2.68. The summed E-state index contributed by atoms with van der Waals surface area (Å²) in [4.78, 5) is 0. The Labute approximate surface area is 111 Å². The second kappa shape index (κ2) is 7.54. The van der Waals surface area contributed by atoms with Gasteiger partial charge >= 0.3 is 0 Å². The summed E-state index contributed by atoms with van der Waals surface area (Å²) in [5, 5.41) is 4.40. The third kappa shape index (κ3) is 4.10. The summed E-state index contributed by atoms with van der Waals surface area (Å²) in [6.07, 6.45) is 6.17. The van der Waals surface area contributed by atoms with Gasteiger partial charge in [0.2, 0.25) is 0 Å². The van der Waals surface area contributed by atoms with Gasteiger partial charge in [-0.1, -0.05) is 39.5 Å². The number of aromatic nitrogens is 2. The summed E-state index contributed by atoms with van der Waals surface area (Å²) >= 11 is 0. The van der Waals surface area contributed by atoms with Gasteiger partial charge in [-0.15, -0.1) is 0 Å². The largest absolute Gasteiger partial charge is 0.271 e. The number of nitrogens with zero attached hydrogens (tertiary/aromatic N) is 2. The Morgan fingerprint density at radius 3 is 2.61 bits per heavy atom. The van der Waals surface area contributed by atoms with E-state index in [2.05, 4.69) is 30.4 Å². The van der Waals surface area contributed by atoms with Crippen molar-refractivity contribution in [3.05, 3.63) is 17.5 Å². The summed E-state index contributed by atoms with van der Waals surface area (Å²) in [6.45, 7) is 6.53. The molecule has 0 saturated heterocycles. The molecule has 1 aromatic rings. The first kappa shape index (κ1) is 15.2. The molecule has 0 aliphatic carbocycles. The molecular weight excluding hydrogens is 224 g/mol. The van der Waals surface area contributed by atoms with Gasteiger partial charge in [-0.3, -0.25) is 16.0 Å². The van der Waals surface area contributed by atoms with Crippen LogP contribution in [-0.4, -0.2) is 9.78 Å². The fourth-order valence-corrected chi connectivity index (χ4v) is 2.55. The van der Waals surface area contributed by atoms with Crippen LogP contribution in [0.25, 0.3) is 0 Å². The van der Waals surface area contributed by atoms with E-state index in [1.165, 1.54) is 31.4 Å². The molecule has 2 unspecified atom stereocenters. The van der Waals surface area contributed by atoms with E-state index in [4.69, 9.17) is 5.84 Å². The van der Waals surface area contributed by atoms with E-state index >= 15 is 0 Å². The van der Waals surface area contributed by atoms with Crippen molar-refractivity contribution in [2.75, 3.05) is 0 Å². The Kier molecular flexibility index (Phi) is 6.36.